The highest BCUT2D eigenvalue weighted by Gasteiger charge is 2.24. The first kappa shape index (κ1) is 28.3. The fourth-order valence-corrected chi connectivity index (χ4v) is 4.78. The lowest BCUT2D eigenvalue weighted by Gasteiger charge is -2.18. The largest absolute Gasteiger partial charge is 0.507 e. The van der Waals surface area contributed by atoms with E-state index in [4.69, 9.17) is 0 Å². The molecule has 0 radical (unpaired) electrons. The van der Waals surface area contributed by atoms with Gasteiger partial charge in [0.1, 0.15) is 23.6 Å². The molecular formula is C32H32N2O6. The molecule has 4 aromatic rings. The van der Waals surface area contributed by atoms with Crippen molar-refractivity contribution >= 4 is 45.9 Å². The molecule has 0 saturated carbocycles. The van der Waals surface area contributed by atoms with Crippen molar-refractivity contribution in [1.82, 2.24) is 0 Å². The maximum absolute atomic E-state index is 11.7. The number of hydrogen-bond donors (Lipinski definition) is 4. The average Bonchev–Trinajstić information content (AvgIpc) is 2.89. The minimum Gasteiger partial charge on any atom is -0.507 e. The quantitative estimate of drug-likeness (QED) is 0.188. The van der Waals surface area contributed by atoms with Gasteiger partial charge in [-0.25, -0.2) is 9.59 Å². The van der Waals surface area contributed by atoms with Crippen molar-refractivity contribution < 1.29 is 30.0 Å². The highest BCUT2D eigenvalue weighted by atomic mass is 16.4. The summed E-state index contributed by atoms with van der Waals surface area (Å²) in [4.78, 5) is 31.9. The van der Waals surface area contributed by atoms with Gasteiger partial charge in [-0.2, -0.15) is 0 Å². The standard InChI is InChI=1S/C32H32N2O6/c1-17(2)27(31(37)38)33-15-21-13-19-9-5-7-11-23(19)25(29(21)35)26-24-12-8-6-10-20(24)14-22(30(26)36)16-34-28(18(3)4)32(39)40/h5-18,27-28,35-36H,1-4H3,(H,37,38)(H,39,40)/t27-,28-/m0/s1. The van der Waals surface area contributed by atoms with Crippen LogP contribution in [-0.4, -0.2) is 56.9 Å². The average molecular weight is 541 g/mol. The number of aromatic hydroxyl groups is 2. The molecule has 8 nitrogen and oxygen atoms in total. The second kappa shape index (κ2) is 11.6. The lowest BCUT2D eigenvalue weighted by atomic mass is 9.89. The first-order valence-electron chi connectivity index (χ1n) is 13.0. The normalized spacial score (nSPS) is 13.7. The molecule has 0 heterocycles. The maximum atomic E-state index is 11.7. The molecule has 0 fully saturated rings. The third-order valence-electron chi connectivity index (χ3n) is 6.87. The number of fused-ring (bicyclic) bond motifs is 2. The molecule has 0 aromatic heterocycles. The maximum Gasteiger partial charge on any atom is 0.328 e. The molecule has 0 unspecified atom stereocenters. The van der Waals surface area contributed by atoms with Gasteiger partial charge in [-0.3, -0.25) is 9.98 Å². The van der Waals surface area contributed by atoms with E-state index < -0.39 is 24.0 Å². The minimum atomic E-state index is -1.07. The summed E-state index contributed by atoms with van der Waals surface area (Å²) in [5.74, 6) is -3.00. The summed E-state index contributed by atoms with van der Waals surface area (Å²) in [6.07, 6.45) is 2.71. The molecule has 0 amide bonds. The Labute approximate surface area is 232 Å². The predicted octanol–water partition coefficient (Wildman–Crippen LogP) is 6.13. The predicted molar refractivity (Wildman–Crippen MR) is 158 cm³/mol. The zero-order chi connectivity index (χ0) is 29.1. The summed E-state index contributed by atoms with van der Waals surface area (Å²) >= 11 is 0. The molecule has 0 aliphatic rings. The van der Waals surface area contributed by atoms with Gasteiger partial charge in [0.2, 0.25) is 0 Å². The van der Waals surface area contributed by atoms with E-state index in [0.717, 1.165) is 10.8 Å². The zero-order valence-corrected chi connectivity index (χ0v) is 22.7. The SMILES string of the molecule is CC(C)[C@H](N=Cc1cc2ccccc2c(-c2c(O)c(C=N[C@H](C(=O)O)C(C)C)cc3ccccc23)c1O)C(=O)O. The van der Waals surface area contributed by atoms with Gasteiger partial charge in [0.25, 0.3) is 0 Å². The Morgan fingerprint density at radius 1 is 0.650 bits per heavy atom. The van der Waals surface area contributed by atoms with E-state index in [1.807, 2.05) is 48.5 Å². The molecular weight excluding hydrogens is 508 g/mol. The van der Waals surface area contributed by atoms with Crippen molar-refractivity contribution in [2.75, 3.05) is 0 Å². The van der Waals surface area contributed by atoms with Gasteiger partial charge in [-0.05, 0) is 45.5 Å². The number of hydrogen-bond acceptors (Lipinski definition) is 6. The van der Waals surface area contributed by atoms with Crippen molar-refractivity contribution in [2.24, 2.45) is 21.8 Å². The van der Waals surface area contributed by atoms with Gasteiger partial charge >= 0.3 is 11.9 Å². The Kier molecular flexibility index (Phi) is 8.18. The lowest BCUT2D eigenvalue weighted by Crippen LogP contribution is -2.24. The third kappa shape index (κ3) is 5.52. The number of rotatable bonds is 9. The van der Waals surface area contributed by atoms with Crippen molar-refractivity contribution in [1.29, 1.82) is 0 Å². The Morgan fingerprint density at radius 2 is 1.00 bits per heavy atom. The van der Waals surface area contributed by atoms with E-state index in [9.17, 15) is 30.0 Å². The number of phenolic OH excluding ortho intramolecular Hbond substituents is 2. The topological polar surface area (TPSA) is 140 Å². The van der Waals surface area contributed by atoms with E-state index in [0.29, 0.717) is 33.0 Å². The van der Waals surface area contributed by atoms with Crippen LogP contribution in [0.1, 0.15) is 38.8 Å². The van der Waals surface area contributed by atoms with Gasteiger partial charge in [0, 0.05) is 34.7 Å². The van der Waals surface area contributed by atoms with Gasteiger partial charge in [-0.1, -0.05) is 76.2 Å². The summed E-state index contributed by atoms with van der Waals surface area (Å²) < 4.78 is 0. The van der Waals surface area contributed by atoms with Crippen LogP contribution in [0.4, 0.5) is 0 Å². The summed E-state index contributed by atoms with van der Waals surface area (Å²) in [5.41, 5.74) is 1.29. The van der Waals surface area contributed by atoms with E-state index >= 15 is 0 Å². The van der Waals surface area contributed by atoms with E-state index in [2.05, 4.69) is 9.98 Å². The van der Waals surface area contributed by atoms with Gasteiger partial charge < -0.3 is 20.4 Å². The third-order valence-corrected chi connectivity index (χ3v) is 6.87. The van der Waals surface area contributed by atoms with Crippen LogP contribution in [-0.2, 0) is 9.59 Å². The van der Waals surface area contributed by atoms with Crippen LogP contribution in [0.25, 0.3) is 32.7 Å². The van der Waals surface area contributed by atoms with Crippen LogP contribution in [0, 0.1) is 11.8 Å². The number of carbonyl (C=O) groups is 2. The van der Waals surface area contributed by atoms with Crippen molar-refractivity contribution in [3.63, 3.8) is 0 Å². The van der Waals surface area contributed by atoms with Crippen LogP contribution >= 0.6 is 0 Å². The molecule has 4 N–H and O–H groups in total. The van der Waals surface area contributed by atoms with Gasteiger partial charge in [0.15, 0.2) is 0 Å². The van der Waals surface area contributed by atoms with Crippen molar-refractivity contribution in [2.45, 2.75) is 39.8 Å². The smallest absolute Gasteiger partial charge is 0.328 e. The molecule has 0 aliphatic carbocycles. The molecule has 2 atom stereocenters. The van der Waals surface area contributed by atoms with E-state index in [1.54, 1.807) is 39.8 Å². The second-order valence-corrected chi connectivity index (χ2v) is 10.4. The summed E-state index contributed by atoms with van der Waals surface area (Å²) in [7, 11) is 0. The number of aliphatic imine (C=N–C) groups is 2. The molecule has 206 valence electrons. The van der Waals surface area contributed by atoms with Gasteiger partial charge in [-0.15, -0.1) is 0 Å². The zero-order valence-electron chi connectivity index (χ0n) is 22.7. The minimum absolute atomic E-state index is 0.171. The Hall–Kier alpha value is -4.72. The number of benzene rings is 4. The van der Waals surface area contributed by atoms with Crippen LogP contribution in [0.15, 0.2) is 70.6 Å². The Morgan fingerprint density at radius 3 is 1.32 bits per heavy atom. The summed E-state index contributed by atoms with van der Waals surface area (Å²) in [6.45, 7) is 7.03. The molecule has 4 aromatic carbocycles. The van der Waals surface area contributed by atoms with Crippen LogP contribution in [0.3, 0.4) is 0 Å². The molecule has 8 heteroatoms. The number of carboxylic acid groups (broad SMARTS) is 2. The van der Waals surface area contributed by atoms with Crippen molar-refractivity contribution in [3.8, 4) is 22.6 Å². The number of nitrogens with zero attached hydrogens (tertiary/aromatic N) is 2. The molecule has 0 bridgehead atoms. The fourth-order valence-electron chi connectivity index (χ4n) is 4.78. The molecule has 4 rings (SSSR count). The Balaban J connectivity index is 2.03. The first-order chi connectivity index (χ1) is 19.0. The van der Waals surface area contributed by atoms with Crippen LogP contribution in [0.5, 0.6) is 11.5 Å². The second-order valence-electron chi connectivity index (χ2n) is 10.4. The van der Waals surface area contributed by atoms with Crippen LogP contribution in [0.2, 0.25) is 0 Å². The highest BCUT2D eigenvalue weighted by molar-refractivity contribution is 6.14. The number of aliphatic carboxylic acids is 2. The molecule has 0 aliphatic heterocycles. The van der Waals surface area contributed by atoms with Crippen LogP contribution < -0.4 is 0 Å². The Bertz CT molecular complexity index is 1530. The summed E-state index contributed by atoms with van der Waals surface area (Å²) in [6, 6.07) is 16.2. The number of phenols is 2. The fraction of sp³-hybridized carbons (Fsp3) is 0.250. The lowest BCUT2D eigenvalue weighted by molar-refractivity contribution is -0.140. The van der Waals surface area contributed by atoms with Gasteiger partial charge in [0.05, 0.1) is 0 Å². The summed E-state index contributed by atoms with van der Waals surface area (Å²) in [5, 5.41) is 45.2. The van der Waals surface area contributed by atoms with E-state index in [1.165, 1.54) is 12.4 Å². The van der Waals surface area contributed by atoms with Crippen molar-refractivity contribution in [3.05, 3.63) is 71.8 Å². The monoisotopic (exact) mass is 540 g/mol. The van der Waals surface area contributed by atoms with E-state index in [-0.39, 0.29) is 23.3 Å². The number of carboxylic acids is 2. The molecule has 0 spiro atoms. The molecule has 40 heavy (non-hydrogen) atoms. The molecule has 0 saturated heterocycles. The first-order valence-corrected chi connectivity index (χ1v) is 13.0. The highest BCUT2D eigenvalue weighted by Crippen LogP contribution is 2.47.